The van der Waals surface area contributed by atoms with Crippen LogP contribution in [0.3, 0.4) is 0 Å². The summed E-state index contributed by atoms with van der Waals surface area (Å²) >= 11 is 7.44. The van der Waals surface area contributed by atoms with E-state index in [0.29, 0.717) is 10.0 Å². The van der Waals surface area contributed by atoms with E-state index in [2.05, 4.69) is 9.97 Å². The summed E-state index contributed by atoms with van der Waals surface area (Å²) in [6, 6.07) is 7.61. The number of nitrogens with zero attached hydrogens (tertiary/aromatic N) is 2. The molecule has 2 aromatic rings. The third kappa shape index (κ3) is 2.81. The van der Waals surface area contributed by atoms with Crippen LogP contribution in [0.5, 0.6) is 5.75 Å². The van der Waals surface area contributed by atoms with Crippen molar-refractivity contribution in [3.8, 4) is 5.75 Å². The normalized spacial score (nSPS) is 10.2. The van der Waals surface area contributed by atoms with E-state index in [9.17, 15) is 0 Å². The fraction of sp³-hybridized carbons (Fsp3) is 0.0909. The molecule has 1 heterocycles. The Kier molecular flexibility index (Phi) is 3.71. The number of methoxy groups -OCH3 is 1. The van der Waals surface area contributed by atoms with Gasteiger partial charge >= 0.3 is 0 Å². The molecule has 0 spiro atoms. The van der Waals surface area contributed by atoms with Crippen LogP contribution >= 0.6 is 23.4 Å². The van der Waals surface area contributed by atoms with Gasteiger partial charge in [0.15, 0.2) is 0 Å². The lowest BCUT2D eigenvalue weighted by Gasteiger charge is -2.05. The first kappa shape index (κ1) is 12.0. The molecular formula is C11H10ClN3OS. The molecule has 0 saturated carbocycles. The van der Waals surface area contributed by atoms with Crippen molar-refractivity contribution in [1.82, 2.24) is 9.97 Å². The van der Waals surface area contributed by atoms with Crippen molar-refractivity contribution in [2.45, 2.75) is 9.92 Å². The van der Waals surface area contributed by atoms with Gasteiger partial charge in [-0.2, -0.15) is 0 Å². The van der Waals surface area contributed by atoms with Crippen molar-refractivity contribution in [2.24, 2.45) is 0 Å². The number of halogens is 1. The van der Waals surface area contributed by atoms with E-state index < -0.39 is 0 Å². The molecule has 0 aliphatic heterocycles. The van der Waals surface area contributed by atoms with Crippen LogP contribution in [0.2, 0.25) is 5.02 Å². The number of ether oxygens (including phenoxy) is 1. The number of anilines is 1. The summed E-state index contributed by atoms with van der Waals surface area (Å²) in [5.41, 5.74) is 5.60. The summed E-state index contributed by atoms with van der Waals surface area (Å²) in [6.07, 6.45) is 1.40. The Labute approximate surface area is 108 Å². The molecule has 0 saturated heterocycles. The lowest BCUT2D eigenvalue weighted by atomic mass is 10.3. The minimum atomic E-state index is 0.290. The van der Waals surface area contributed by atoms with Crippen molar-refractivity contribution in [2.75, 3.05) is 12.8 Å². The SMILES string of the molecule is COc1ccc(Sc2ncnc(N)c2Cl)cc1. The molecule has 1 aromatic heterocycles. The van der Waals surface area contributed by atoms with Crippen LogP contribution in [0.15, 0.2) is 40.5 Å². The average molecular weight is 268 g/mol. The maximum atomic E-state index is 6.01. The fourth-order valence-electron chi connectivity index (χ4n) is 1.19. The van der Waals surface area contributed by atoms with Gasteiger partial charge < -0.3 is 10.5 Å². The highest BCUT2D eigenvalue weighted by atomic mass is 35.5. The molecule has 0 amide bonds. The molecule has 0 atom stereocenters. The van der Waals surface area contributed by atoms with Crippen LogP contribution in [-0.4, -0.2) is 17.1 Å². The maximum absolute atomic E-state index is 6.01. The largest absolute Gasteiger partial charge is 0.497 e. The Morgan fingerprint density at radius 1 is 1.24 bits per heavy atom. The van der Waals surface area contributed by atoms with Crippen molar-refractivity contribution >= 4 is 29.2 Å². The molecule has 0 aliphatic rings. The number of benzene rings is 1. The number of nitrogens with two attached hydrogens (primary N) is 1. The zero-order chi connectivity index (χ0) is 12.3. The highest BCUT2D eigenvalue weighted by Crippen LogP contribution is 2.33. The Balaban J connectivity index is 2.22. The molecule has 4 nitrogen and oxygen atoms in total. The molecule has 0 fully saturated rings. The van der Waals surface area contributed by atoms with Crippen LogP contribution in [-0.2, 0) is 0 Å². The van der Waals surface area contributed by atoms with Crippen molar-refractivity contribution in [3.05, 3.63) is 35.6 Å². The van der Waals surface area contributed by atoms with Crippen LogP contribution in [0.4, 0.5) is 5.82 Å². The van der Waals surface area contributed by atoms with Gasteiger partial charge in [-0.25, -0.2) is 9.97 Å². The van der Waals surface area contributed by atoms with E-state index in [0.717, 1.165) is 10.6 Å². The topological polar surface area (TPSA) is 61.0 Å². The molecule has 0 bridgehead atoms. The lowest BCUT2D eigenvalue weighted by Crippen LogP contribution is -1.94. The third-order valence-corrected chi connectivity index (χ3v) is 3.55. The molecule has 1 aromatic carbocycles. The molecular weight excluding hydrogens is 258 g/mol. The monoisotopic (exact) mass is 267 g/mol. The van der Waals surface area contributed by atoms with E-state index in [4.69, 9.17) is 22.1 Å². The van der Waals surface area contributed by atoms with Crippen molar-refractivity contribution in [3.63, 3.8) is 0 Å². The number of nitrogen functional groups attached to an aromatic ring is 1. The van der Waals surface area contributed by atoms with E-state index in [-0.39, 0.29) is 5.82 Å². The molecule has 0 aliphatic carbocycles. The minimum absolute atomic E-state index is 0.290. The Bertz CT molecular complexity index is 519. The first-order valence-corrected chi connectivity index (χ1v) is 5.98. The molecule has 2 rings (SSSR count). The first-order chi connectivity index (χ1) is 8.20. The Morgan fingerprint density at radius 3 is 2.59 bits per heavy atom. The standard InChI is InChI=1S/C11H10ClN3OS/c1-16-7-2-4-8(5-3-7)17-11-9(12)10(13)14-6-15-11/h2-6H,1H3,(H2,13,14,15). The van der Waals surface area contributed by atoms with Gasteiger partial charge in [0.1, 0.15) is 27.9 Å². The quantitative estimate of drug-likeness (QED) is 0.867. The molecule has 0 unspecified atom stereocenters. The van der Waals surface area contributed by atoms with Gasteiger partial charge in [0.2, 0.25) is 0 Å². The summed E-state index contributed by atoms with van der Waals surface area (Å²) in [5, 5.41) is 1.03. The number of rotatable bonds is 3. The van der Waals surface area contributed by atoms with E-state index in [1.807, 2.05) is 24.3 Å². The van der Waals surface area contributed by atoms with Gasteiger partial charge in [0, 0.05) is 4.90 Å². The van der Waals surface area contributed by atoms with Gasteiger partial charge in [0.05, 0.1) is 7.11 Å². The molecule has 17 heavy (non-hydrogen) atoms. The van der Waals surface area contributed by atoms with E-state index in [1.54, 1.807) is 7.11 Å². The van der Waals surface area contributed by atoms with Gasteiger partial charge in [0.25, 0.3) is 0 Å². The lowest BCUT2D eigenvalue weighted by molar-refractivity contribution is 0.414. The van der Waals surface area contributed by atoms with Gasteiger partial charge in [-0.05, 0) is 24.3 Å². The zero-order valence-electron chi connectivity index (χ0n) is 9.05. The smallest absolute Gasteiger partial charge is 0.146 e. The predicted molar refractivity (Wildman–Crippen MR) is 68.6 cm³/mol. The van der Waals surface area contributed by atoms with Crippen LogP contribution in [0.25, 0.3) is 0 Å². The highest BCUT2D eigenvalue weighted by molar-refractivity contribution is 7.99. The van der Waals surface area contributed by atoms with Gasteiger partial charge in [-0.15, -0.1) is 0 Å². The van der Waals surface area contributed by atoms with E-state index in [1.165, 1.54) is 18.1 Å². The summed E-state index contributed by atoms with van der Waals surface area (Å²) in [4.78, 5) is 8.90. The van der Waals surface area contributed by atoms with E-state index >= 15 is 0 Å². The third-order valence-electron chi connectivity index (χ3n) is 2.06. The number of aromatic nitrogens is 2. The summed E-state index contributed by atoms with van der Waals surface area (Å²) in [7, 11) is 1.63. The van der Waals surface area contributed by atoms with Crippen LogP contribution in [0.1, 0.15) is 0 Å². The average Bonchev–Trinajstić information content (AvgIpc) is 2.36. The number of hydrogen-bond acceptors (Lipinski definition) is 5. The second kappa shape index (κ2) is 5.25. The predicted octanol–water partition coefficient (Wildman–Crippen LogP) is 2.87. The van der Waals surface area contributed by atoms with Crippen molar-refractivity contribution in [1.29, 1.82) is 0 Å². The summed E-state index contributed by atoms with van der Waals surface area (Å²) < 4.78 is 5.08. The minimum Gasteiger partial charge on any atom is -0.497 e. The molecule has 0 radical (unpaired) electrons. The van der Waals surface area contributed by atoms with Crippen molar-refractivity contribution < 1.29 is 4.74 Å². The fourth-order valence-corrected chi connectivity index (χ4v) is 2.20. The Hall–Kier alpha value is -1.46. The molecule has 88 valence electrons. The Morgan fingerprint density at radius 2 is 1.94 bits per heavy atom. The molecule has 6 heteroatoms. The van der Waals surface area contributed by atoms with Crippen LogP contribution in [0, 0.1) is 0 Å². The molecule has 2 N–H and O–H groups in total. The summed E-state index contributed by atoms with van der Waals surface area (Å²) in [5.74, 6) is 1.10. The second-order valence-corrected chi connectivity index (χ2v) is 4.60. The van der Waals surface area contributed by atoms with Crippen LogP contribution < -0.4 is 10.5 Å². The zero-order valence-corrected chi connectivity index (χ0v) is 10.6. The number of hydrogen-bond donors (Lipinski definition) is 1. The highest BCUT2D eigenvalue weighted by Gasteiger charge is 2.08. The second-order valence-electron chi connectivity index (χ2n) is 3.16. The van der Waals surface area contributed by atoms with Gasteiger partial charge in [-0.3, -0.25) is 0 Å². The maximum Gasteiger partial charge on any atom is 0.146 e. The van der Waals surface area contributed by atoms with Gasteiger partial charge in [-0.1, -0.05) is 23.4 Å². The first-order valence-electron chi connectivity index (χ1n) is 4.78. The summed E-state index contributed by atoms with van der Waals surface area (Å²) in [6.45, 7) is 0.